The molecule has 1 N–H and O–H groups in total. The third-order valence-electron chi connectivity index (χ3n) is 4.66. The molecule has 0 saturated carbocycles. The number of para-hydroxylation sites is 1. The molecule has 1 heterocycles. The minimum Gasteiger partial charge on any atom is -0.341 e. The second-order valence-corrected chi connectivity index (χ2v) is 6.39. The van der Waals surface area contributed by atoms with Crippen molar-refractivity contribution >= 4 is 23.0 Å². The van der Waals surface area contributed by atoms with Gasteiger partial charge in [0.1, 0.15) is 5.82 Å². The first kappa shape index (κ1) is 16.3. The van der Waals surface area contributed by atoms with Crippen LogP contribution >= 0.6 is 0 Å². The highest BCUT2D eigenvalue weighted by Crippen LogP contribution is 2.34. The van der Waals surface area contributed by atoms with E-state index in [1.165, 1.54) is 17.3 Å². The van der Waals surface area contributed by atoms with Gasteiger partial charge in [0.2, 0.25) is 5.91 Å². The van der Waals surface area contributed by atoms with E-state index in [-0.39, 0.29) is 18.1 Å². The lowest BCUT2D eigenvalue weighted by Crippen LogP contribution is -2.16. The standard InChI is InChI=1S/C22H19FN2O/c23-20-7-3-1-6-17(20)15-22(26)24-18-9-11-19(12-10-18)25-14-13-16-5-2-4-8-21(16)25/h1-12H,13-15H2,(H,24,26). The fourth-order valence-corrected chi connectivity index (χ4v) is 3.35. The fraction of sp³-hybridized carbons (Fsp3) is 0.136. The van der Waals surface area contributed by atoms with Crippen molar-refractivity contribution in [1.29, 1.82) is 0 Å². The number of rotatable bonds is 4. The van der Waals surface area contributed by atoms with Gasteiger partial charge in [-0.25, -0.2) is 4.39 Å². The number of nitrogens with zero attached hydrogens (tertiary/aromatic N) is 1. The number of anilines is 3. The number of nitrogens with one attached hydrogen (secondary N) is 1. The van der Waals surface area contributed by atoms with Crippen LogP contribution in [0, 0.1) is 5.82 Å². The van der Waals surface area contributed by atoms with Gasteiger partial charge in [-0.15, -0.1) is 0 Å². The van der Waals surface area contributed by atoms with Gasteiger partial charge in [-0.3, -0.25) is 4.79 Å². The van der Waals surface area contributed by atoms with E-state index >= 15 is 0 Å². The molecule has 0 spiro atoms. The Kier molecular flexibility index (Phi) is 4.40. The van der Waals surface area contributed by atoms with Crippen LogP contribution in [0.3, 0.4) is 0 Å². The smallest absolute Gasteiger partial charge is 0.228 e. The van der Waals surface area contributed by atoms with Crippen molar-refractivity contribution in [2.45, 2.75) is 12.8 Å². The molecule has 0 aromatic heterocycles. The number of fused-ring (bicyclic) bond motifs is 1. The van der Waals surface area contributed by atoms with Crippen molar-refractivity contribution in [1.82, 2.24) is 0 Å². The lowest BCUT2D eigenvalue weighted by Gasteiger charge is -2.20. The van der Waals surface area contributed by atoms with E-state index in [1.54, 1.807) is 18.2 Å². The molecule has 0 fully saturated rings. The number of halogens is 1. The van der Waals surface area contributed by atoms with Gasteiger partial charge in [0.15, 0.2) is 0 Å². The molecule has 0 atom stereocenters. The summed E-state index contributed by atoms with van der Waals surface area (Å²) < 4.78 is 13.7. The highest BCUT2D eigenvalue weighted by Gasteiger charge is 2.19. The van der Waals surface area contributed by atoms with Gasteiger partial charge in [-0.1, -0.05) is 36.4 Å². The Labute approximate surface area is 152 Å². The zero-order valence-electron chi connectivity index (χ0n) is 14.3. The van der Waals surface area contributed by atoms with Gasteiger partial charge in [-0.05, 0) is 53.9 Å². The zero-order valence-corrected chi connectivity index (χ0v) is 14.3. The molecule has 3 aromatic carbocycles. The van der Waals surface area contributed by atoms with Crippen LogP contribution in [0.15, 0.2) is 72.8 Å². The number of carbonyl (C=O) groups excluding carboxylic acids is 1. The van der Waals surface area contributed by atoms with E-state index in [2.05, 4.69) is 34.5 Å². The van der Waals surface area contributed by atoms with Crippen LogP contribution in [0.25, 0.3) is 0 Å². The van der Waals surface area contributed by atoms with Gasteiger partial charge in [0, 0.05) is 23.6 Å². The number of carbonyl (C=O) groups is 1. The molecule has 0 aliphatic carbocycles. The molecule has 4 rings (SSSR count). The molecule has 0 unspecified atom stereocenters. The largest absolute Gasteiger partial charge is 0.341 e. The van der Waals surface area contributed by atoms with Crippen LogP contribution < -0.4 is 10.2 Å². The van der Waals surface area contributed by atoms with Crippen LogP contribution in [0.1, 0.15) is 11.1 Å². The predicted molar refractivity (Wildman–Crippen MR) is 102 cm³/mol. The number of hydrogen-bond donors (Lipinski definition) is 1. The van der Waals surface area contributed by atoms with Crippen molar-refractivity contribution in [3.63, 3.8) is 0 Å². The summed E-state index contributed by atoms with van der Waals surface area (Å²) in [6, 6.07) is 22.5. The fourth-order valence-electron chi connectivity index (χ4n) is 3.35. The Balaban J connectivity index is 1.44. The number of hydrogen-bond acceptors (Lipinski definition) is 2. The molecule has 0 radical (unpaired) electrons. The van der Waals surface area contributed by atoms with Crippen LogP contribution in [-0.2, 0) is 17.6 Å². The summed E-state index contributed by atoms with van der Waals surface area (Å²) in [4.78, 5) is 14.4. The second kappa shape index (κ2) is 7.00. The molecular weight excluding hydrogens is 327 g/mol. The van der Waals surface area contributed by atoms with E-state index in [1.807, 2.05) is 24.3 Å². The molecule has 26 heavy (non-hydrogen) atoms. The Bertz CT molecular complexity index is 937. The summed E-state index contributed by atoms with van der Waals surface area (Å²) in [7, 11) is 0. The minimum atomic E-state index is -0.356. The third kappa shape index (κ3) is 3.31. The normalized spacial score (nSPS) is 12.7. The van der Waals surface area contributed by atoms with Crippen LogP contribution in [-0.4, -0.2) is 12.5 Å². The van der Waals surface area contributed by atoms with Crippen LogP contribution in [0.5, 0.6) is 0 Å². The van der Waals surface area contributed by atoms with Crippen LogP contribution in [0.4, 0.5) is 21.5 Å². The lowest BCUT2D eigenvalue weighted by molar-refractivity contribution is -0.115. The van der Waals surface area contributed by atoms with Gasteiger partial charge in [0.05, 0.1) is 6.42 Å². The first-order chi connectivity index (χ1) is 12.7. The molecule has 1 aliphatic heterocycles. The first-order valence-corrected chi connectivity index (χ1v) is 8.69. The quantitative estimate of drug-likeness (QED) is 0.742. The summed E-state index contributed by atoms with van der Waals surface area (Å²) in [6.45, 7) is 0.957. The van der Waals surface area contributed by atoms with Crippen molar-refractivity contribution in [2.75, 3.05) is 16.8 Å². The Morgan fingerprint density at radius 1 is 0.962 bits per heavy atom. The summed E-state index contributed by atoms with van der Waals surface area (Å²) in [5, 5.41) is 2.83. The van der Waals surface area contributed by atoms with E-state index in [4.69, 9.17) is 0 Å². The van der Waals surface area contributed by atoms with Crippen molar-refractivity contribution in [2.24, 2.45) is 0 Å². The monoisotopic (exact) mass is 346 g/mol. The molecule has 1 aliphatic rings. The molecule has 0 saturated heterocycles. The molecule has 130 valence electrons. The van der Waals surface area contributed by atoms with Gasteiger partial charge < -0.3 is 10.2 Å². The Morgan fingerprint density at radius 3 is 2.50 bits per heavy atom. The van der Waals surface area contributed by atoms with Gasteiger partial charge in [0.25, 0.3) is 0 Å². The summed E-state index contributed by atoms with van der Waals surface area (Å²) in [6.07, 6.45) is 1.06. The molecule has 0 bridgehead atoms. The summed E-state index contributed by atoms with van der Waals surface area (Å²) in [5.41, 5.74) is 4.80. The molecule has 1 amide bonds. The van der Waals surface area contributed by atoms with Gasteiger partial charge >= 0.3 is 0 Å². The highest BCUT2D eigenvalue weighted by molar-refractivity contribution is 5.92. The maximum atomic E-state index is 13.7. The first-order valence-electron chi connectivity index (χ1n) is 8.69. The van der Waals surface area contributed by atoms with Crippen LogP contribution in [0.2, 0.25) is 0 Å². The molecular formula is C22H19FN2O. The zero-order chi connectivity index (χ0) is 17.9. The third-order valence-corrected chi connectivity index (χ3v) is 4.66. The second-order valence-electron chi connectivity index (χ2n) is 6.39. The van der Waals surface area contributed by atoms with E-state index < -0.39 is 0 Å². The topological polar surface area (TPSA) is 32.3 Å². The lowest BCUT2D eigenvalue weighted by atomic mass is 10.1. The average Bonchev–Trinajstić information content (AvgIpc) is 3.08. The van der Waals surface area contributed by atoms with Crippen molar-refractivity contribution < 1.29 is 9.18 Å². The maximum Gasteiger partial charge on any atom is 0.228 e. The maximum absolute atomic E-state index is 13.7. The van der Waals surface area contributed by atoms with Crippen molar-refractivity contribution in [3.05, 3.63) is 89.7 Å². The summed E-state index contributed by atoms with van der Waals surface area (Å²) >= 11 is 0. The highest BCUT2D eigenvalue weighted by atomic mass is 19.1. The molecule has 3 nitrogen and oxygen atoms in total. The Morgan fingerprint density at radius 2 is 1.69 bits per heavy atom. The van der Waals surface area contributed by atoms with E-state index in [0.717, 1.165) is 18.7 Å². The summed E-state index contributed by atoms with van der Waals surface area (Å²) in [5.74, 6) is -0.583. The molecule has 4 heteroatoms. The average molecular weight is 346 g/mol. The van der Waals surface area contributed by atoms with Crippen molar-refractivity contribution in [3.8, 4) is 0 Å². The SMILES string of the molecule is O=C(Cc1ccccc1F)Nc1ccc(N2CCc3ccccc32)cc1. The number of amides is 1. The van der Waals surface area contributed by atoms with Gasteiger partial charge in [-0.2, -0.15) is 0 Å². The molecule has 3 aromatic rings. The van der Waals surface area contributed by atoms with E-state index in [0.29, 0.717) is 11.3 Å². The predicted octanol–water partition coefficient (Wildman–Crippen LogP) is 4.70. The number of benzene rings is 3. The minimum absolute atomic E-state index is 0.0218. The Hall–Kier alpha value is -3.14. The van der Waals surface area contributed by atoms with E-state index in [9.17, 15) is 9.18 Å².